The Hall–Kier alpha value is -1.69. The Morgan fingerprint density at radius 1 is 0.966 bits per heavy atom. The summed E-state index contributed by atoms with van der Waals surface area (Å²) in [6, 6.07) is 10.4. The van der Waals surface area contributed by atoms with Gasteiger partial charge in [0.05, 0.1) is 16.6 Å². The van der Waals surface area contributed by atoms with Crippen LogP contribution in [0.3, 0.4) is 0 Å². The Kier molecular flexibility index (Phi) is 9.34. The number of hydrazine groups is 1. The Labute approximate surface area is 198 Å². The van der Waals surface area contributed by atoms with E-state index in [1.807, 2.05) is 6.92 Å². The van der Waals surface area contributed by atoms with E-state index in [0.717, 1.165) is 8.95 Å². The smallest absolute Gasteiger partial charge is 0.276 e. The van der Waals surface area contributed by atoms with E-state index in [2.05, 4.69) is 64.0 Å². The van der Waals surface area contributed by atoms with Crippen LogP contribution in [0.1, 0.15) is 17.3 Å². The van der Waals surface area contributed by atoms with Crippen molar-refractivity contribution < 1.29 is 19.1 Å². The molecule has 2 aromatic rings. The Morgan fingerprint density at radius 3 is 2.28 bits per heavy atom. The molecular weight excluding hydrogens is 594 g/mol. The fourth-order valence-corrected chi connectivity index (χ4v) is 3.73. The molecule has 0 aliphatic rings. The van der Waals surface area contributed by atoms with Crippen LogP contribution in [0.5, 0.6) is 11.5 Å². The van der Waals surface area contributed by atoms with Crippen molar-refractivity contribution in [3.8, 4) is 11.5 Å². The number of nitrogens with one attached hydrogen (secondary N) is 3. The number of rotatable bonds is 6. The number of carbonyl (C=O) groups excluding carboxylic acids is 2. The van der Waals surface area contributed by atoms with Gasteiger partial charge in [0.2, 0.25) is 0 Å². The van der Waals surface area contributed by atoms with Crippen molar-refractivity contribution in [2.45, 2.75) is 6.92 Å². The third-order valence-electron chi connectivity index (χ3n) is 3.28. The van der Waals surface area contributed by atoms with Gasteiger partial charge in [0.15, 0.2) is 11.7 Å². The number of thiocarbonyl (C=S) groups is 1. The van der Waals surface area contributed by atoms with Crippen molar-refractivity contribution in [1.29, 1.82) is 0 Å². The van der Waals surface area contributed by atoms with Crippen LogP contribution >= 0.6 is 60.0 Å². The summed E-state index contributed by atoms with van der Waals surface area (Å²) in [5.74, 6) is -0.0173. The molecule has 154 valence electrons. The summed E-state index contributed by atoms with van der Waals surface area (Å²) < 4.78 is 13.2. The van der Waals surface area contributed by atoms with Gasteiger partial charge in [-0.25, -0.2) is 0 Å². The molecule has 0 atom stereocenters. The summed E-state index contributed by atoms with van der Waals surface area (Å²) >= 11 is 15.0. The molecule has 0 aliphatic heterocycles. The zero-order valence-corrected chi connectivity index (χ0v) is 20.6. The molecule has 0 spiro atoms. The molecule has 3 N–H and O–H groups in total. The van der Waals surface area contributed by atoms with Gasteiger partial charge < -0.3 is 9.47 Å². The van der Waals surface area contributed by atoms with Crippen molar-refractivity contribution in [3.05, 3.63) is 55.4 Å². The molecule has 2 amide bonds. The molecule has 0 heterocycles. The van der Waals surface area contributed by atoms with Gasteiger partial charge in [-0.3, -0.25) is 25.8 Å². The first-order valence-corrected chi connectivity index (χ1v) is 11.0. The zero-order chi connectivity index (χ0) is 21.4. The molecule has 2 aromatic carbocycles. The van der Waals surface area contributed by atoms with E-state index in [0.29, 0.717) is 28.1 Å². The van der Waals surface area contributed by atoms with Gasteiger partial charge in [0.25, 0.3) is 11.8 Å². The molecular formula is C18H16Br3N3O4S. The van der Waals surface area contributed by atoms with E-state index in [1.54, 1.807) is 36.4 Å². The first-order valence-electron chi connectivity index (χ1n) is 8.20. The van der Waals surface area contributed by atoms with Gasteiger partial charge in [0.1, 0.15) is 11.5 Å². The average molecular weight is 610 g/mol. The lowest BCUT2D eigenvalue weighted by atomic mass is 10.2. The van der Waals surface area contributed by atoms with Crippen LogP contribution in [0.15, 0.2) is 49.8 Å². The van der Waals surface area contributed by atoms with Gasteiger partial charge in [-0.15, -0.1) is 0 Å². The number of benzene rings is 2. The minimum atomic E-state index is -0.478. The van der Waals surface area contributed by atoms with Crippen molar-refractivity contribution in [3.63, 3.8) is 0 Å². The highest BCUT2D eigenvalue weighted by atomic mass is 79.9. The first-order chi connectivity index (χ1) is 13.8. The Balaban J connectivity index is 1.84. The molecule has 0 aliphatic carbocycles. The number of carbonyl (C=O) groups is 2. The molecule has 11 heteroatoms. The van der Waals surface area contributed by atoms with E-state index in [1.165, 1.54) is 0 Å². The van der Waals surface area contributed by atoms with Gasteiger partial charge >= 0.3 is 0 Å². The summed E-state index contributed by atoms with van der Waals surface area (Å²) in [4.78, 5) is 24.4. The maximum Gasteiger partial charge on any atom is 0.276 e. The summed E-state index contributed by atoms with van der Waals surface area (Å²) in [7, 11) is 0. The quantitative estimate of drug-likeness (QED) is 0.338. The van der Waals surface area contributed by atoms with Gasteiger partial charge in [0, 0.05) is 8.95 Å². The molecule has 0 bridgehead atoms. The van der Waals surface area contributed by atoms with Crippen LogP contribution in [0.2, 0.25) is 0 Å². The maximum absolute atomic E-state index is 12.4. The second-order valence-electron chi connectivity index (χ2n) is 5.39. The molecule has 7 nitrogen and oxygen atoms in total. The fourth-order valence-electron chi connectivity index (χ4n) is 2.06. The number of halogens is 3. The van der Waals surface area contributed by atoms with Crippen LogP contribution in [-0.2, 0) is 4.79 Å². The van der Waals surface area contributed by atoms with E-state index < -0.39 is 11.8 Å². The predicted octanol–water partition coefficient (Wildman–Crippen LogP) is 4.09. The number of hydrogen-bond donors (Lipinski definition) is 3. The lowest BCUT2D eigenvalue weighted by molar-refractivity contribution is -0.123. The largest absolute Gasteiger partial charge is 0.493 e. The lowest BCUT2D eigenvalue weighted by Crippen LogP contribution is -2.49. The van der Waals surface area contributed by atoms with Crippen LogP contribution in [0, 0.1) is 0 Å². The van der Waals surface area contributed by atoms with Crippen molar-refractivity contribution in [1.82, 2.24) is 16.2 Å². The first kappa shape index (κ1) is 23.6. The second-order valence-corrected chi connectivity index (χ2v) is 8.49. The third kappa shape index (κ3) is 7.57. The molecule has 0 aromatic heterocycles. The van der Waals surface area contributed by atoms with Gasteiger partial charge in [-0.2, -0.15) is 0 Å². The van der Waals surface area contributed by atoms with Crippen LogP contribution < -0.4 is 25.6 Å². The Morgan fingerprint density at radius 2 is 1.62 bits per heavy atom. The zero-order valence-electron chi connectivity index (χ0n) is 15.1. The predicted molar refractivity (Wildman–Crippen MR) is 124 cm³/mol. The van der Waals surface area contributed by atoms with Crippen LogP contribution in [-0.4, -0.2) is 30.1 Å². The molecule has 2 rings (SSSR count). The van der Waals surface area contributed by atoms with Crippen molar-refractivity contribution >= 4 is 76.9 Å². The van der Waals surface area contributed by atoms with Gasteiger partial charge in [-0.05, 0) is 71.5 Å². The highest BCUT2D eigenvalue weighted by Gasteiger charge is 2.15. The van der Waals surface area contributed by atoms with E-state index >= 15 is 0 Å². The molecule has 0 radical (unpaired) electrons. The summed E-state index contributed by atoms with van der Waals surface area (Å²) in [6.07, 6.45) is 0. The second kappa shape index (κ2) is 11.5. The standard InChI is InChI=1S/C18H16Br3N3O4S/c1-2-27-14-5-3-10(19)7-12(14)17(26)22-18(29)24-23-16(25)9-28-15-6-4-11(20)8-13(15)21/h3-8H,2,9H2,1H3,(H,23,25)(H2,22,24,26,29). The summed E-state index contributed by atoms with van der Waals surface area (Å²) in [5, 5.41) is 2.41. The number of amides is 2. The molecule has 0 unspecified atom stereocenters. The van der Waals surface area contributed by atoms with E-state index in [-0.39, 0.29) is 11.7 Å². The molecule has 0 saturated heterocycles. The van der Waals surface area contributed by atoms with Crippen LogP contribution in [0.4, 0.5) is 0 Å². The van der Waals surface area contributed by atoms with E-state index in [9.17, 15) is 9.59 Å². The maximum atomic E-state index is 12.4. The lowest BCUT2D eigenvalue weighted by Gasteiger charge is -2.14. The van der Waals surface area contributed by atoms with E-state index in [4.69, 9.17) is 21.7 Å². The molecule has 0 saturated carbocycles. The third-order valence-corrected chi connectivity index (χ3v) is 5.09. The number of ether oxygens (including phenoxy) is 2. The minimum absolute atomic E-state index is 0.0735. The SMILES string of the molecule is CCOc1ccc(Br)cc1C(=O)NC(=S)NNC(=O)COc1ccc(Br)cc1Br. The normalized spacial score (nSPS) is 10.1. The Bertz CT molecular complexity index is 927. The number of hydrogen-bond acceptors (Lipinski definition) is 5. The summed E-state index contributed by atoms with van der Waals surface area (Å²) in [6.45, 7) is 1.99. The van der Waals surface area contributed by atoms with Crippen molar-refractivity contribution in [2.24, 2.45) is 0 Å². The van der Waals surface area contributed by atoms with Crippen LogP contribution in [0.25, 0.3) is 0 Å². The molecule has 29 heavy (non-hydrogen) atoms. The molecule has 0 fully saturated rings. The summed E-state index contributed by atoms with van der Waals surface area (Å²) in [5.41, 5.74) is 5.12. The monoisotopic (exact) mass is 607 g/mol. The highest BCUT2D eigenvalue weighted by molar-refractivity contribution is 9.11. The average Bonchev–Trinajstić information content (AvgIpc) is 2.67. The fraction of sp³-hybridized carbons (Fsp3) is 0.167. The van der Waals surface area contributed by atoms with Crippen molar-refractivity contribution in [2.75, 3.05) is 13.2 Å². The topological polar surface area (TPSA) is 88.7 Å². The highest BCUT2D eigenvalue weighted by Crippen LogP contribution is 2.28. The minimum Gasteiger partial charge on any atom is -0.493 e. The van der Waals surface area contributed by atoms with Gasteiger partial charge in [-0.1, -0.05) is 31.9 Å².